The van der Waals surface area contributed by atoms with E-state index in [-0.39, 0.29) is 23.4 Å². The largest absolute Gasteiger partial charge is 0.299 e. The lowest BCUT2D eigenvalue weighted by Gasteiger charge is -2.38. The maximum Gasteiger partial charge on any atom is 0.161 e. The monoisotopic (exact) mass is 361 g/mol. The molecule has 24 heavy (non-hydrogen) atoms. The molecular weight excluding hydrogens is 345 g/mol. The Balaban J connectivity index is 1.91. The van der Waals surface area contributed by atoms with Gasteiger partial charge in [-0.3, -0.25) is 14.6 Å². The first kappa shape index (κ1) is 16.0. The smallest absolute Gasteiger partial charge is 0.161 e. The molecule has 1 aliphatic heterocycles. The Labute approximate surface area is 150 Å². The Hall–Kier alpha value is -1.45. The predicted octanol–water partition coefficient (Wildman–Crippen LogP) is 4.91. The van der Waals surface area contributed by atoms with E-state index in [0.29, 0.717) is 22.9 Å². The normalized spacial score (nSPS) is 26.8. The molecule has 1 fully saturated rings. The van der Waals surface area contributed by atoms with Crippen LogP contribution in [0.5, 0.6) is 0 Å². The molecule has 0 amide bonds. The Bertz CT molecular complexity index is 810. The summed E-state index contributed by atoms with van der Waals surface area (Å²) in [4.78, 5) is 30.1. The van der Waals surface area contributed by atoms with E-state index in [1.54, 1.807) is 12.1 Å². The third-order valence-electron chi connectivity index (χ3n) is 5.22. The summed E-state index contributed by atoms with van der Waals surface area (Å²) in [5.41, 5.74) is 3.43. The number of carbonyl (C=O) groups is 2. The van der Waals surface area contributed by atoms with Crippen LogP contribution < -0.4 is 0 Å². The average Bonchev–Trinajstić information content (AvgIpc) is 2.56. The molecule has 3 nitrogen and oxygen atoms in total. The van der Waals surface area contributed by atoms with Crippen LogP contribution in [0.3, 0.4) is 0 Å². The van der Waals surface area contributed by atoms with E-state index in [2.05, 4.69) is 0 Å². The van der Waals surface area contributed by atoms with Crippen LogP contribution in [-0.4, -0.2) is 17.3 Å². The molecule has 1 saturated carbocycles. The Morgan fingerprint density at radius 3 is 2.50 bits per heavy atom. The fraction of sp³-hybridized carbons (Fsp3) is 0.421. The summed E-state index contributed by atoms with van der Waals surface area (Å²) in [6, 6.07) is 5.42. The van der Waals surface area contributed by atoms with Crippen molar-refractivity contribution in [3.63, 3.8) is 0 Å². The van der Waals surface area contributed by atoms with Gasteiger partial charge in [-0.2, -0.15) is 0 Å². The van der Waals surface area contributed by atoms with Gasteiger partial charge in [0, 0.05) is 35.7 Å². The lowest BCUT2D eigenvalue weighted by Crippen LogP contribution is -2.39. The van der Waals surface area contributed by atoms with Crippen molar-refractivity contribution in [1.29, 1.82) is 0 Å². The molecule has 0 N–H and O–H groups in total. The number of hydrogen-bond acceptors (Lipinski definition) is 3. The molecule has 0 bridgehead atoms. The maximum atomic E-state index is 12.7. The van der Waals surface area contributed by atoms with Gasteiger partial charge in [0.1, 0.15) is 5.78 Å². The summed E-state index contributed by atoms with van der Waals surface area (Å²) in [6.07, 6.45) is 4.41. The zero-order chi connectivity index (χ0) is 16.8. The van der Waals surface area contributed by atoms with Gasteiger partial charge in [0.15, 0.2) is 5.78 Å². The number of carbonyl (C=O) groups excluding carboxylic acids is 2. The van der Waals surface area contributed by atoms with Gasteiger partial charge < -0.3 is 0 Å². The van der Waals surface area contributed by atoms with Crippen LogP contribution in [0.15, 0.2) is 34.5 Å². The number of Topliss-reactive ketones (excluding diaryl/α,β-unsaturated/α-hetero) is 2. The minimum Gasteiger partial charge on any atom is -0.299 e. The third-order valence-corrected chi connectivity index (χ3v) is 5.96. The molecule has 1 heterocycles. The average molecular weight is 362 g/mol. The highest BCUT2D eigenvalue weighted by Gasteiger charge is 2.44. The number of benzene rings is 1. The molecule has 0 radical (unpaired) electrons. The summed E-state index contributed by atoms with van der Waals surface area (Å²) in [5.74, 6) is -0.283. The Morgan fingerprint density at radius 2 is 1.71 bits per heavy atom. The van der Waals surface area contributed by atoms with Crippen LogP contribution >= 0.6 is 23.2 Å². The zero-order valence-corrected chi connectivity index (χ0v) is 14.7. The Kier molecular flexibility index (Phi) is 4.09. The van der Waals surface area contributed by atoms with Crippen molar-refractivity contribution >= 4 is 40.5 Å². The summed E-state index contributed by atoms with van der Waals surface area (Å²) in [7, 11) is 0. The quantitative estimate of drug-likeness (QED) is 0.713. The van der Waals surface area contributed by atoms with Crippen LogP contribution in [0, 0.1) is 5.92 Å². The van der Waals surface area contributed by atoms with Crippen LogP contribution in [0.2, 0.25) is 10.0 Å². The van der Waals surface area contributed by atoms with Gasteiger partial charge >= 0.3 is 0 Å². The van der Waals surface area contributed by atoms with Crippen LogP contribution in [-0.2, 0) is 9.59 Å². The SMILES string of the molecule is O=C1CCCC2=C1C(c1ccc(Cl)c(Cl)c1)C1C(=O)CCCC1=N2. The number of allylic oxidation sites excluding steroid dienone is 2. The van der Waals surface area contributed by atoms with Gasteiger partial charge in [-0.25, -0.2) is 0 Å². The molecule has 0 spiro atoms. The fourth-order valence-electron chi connectivity index (χ4n) is 4.16. The summed E-state index contributed by atoms with van der Waals surface area (Å²) < 4.78 is 0. The van der Waals surface area contributed by atoms with Gasteiger partial charge in [0.2, 0.25) is 0 Å². The second-order valence-corrected chi connectivity index (χ2v) is 7.50. The van der Waals surface area contributed by atoms with E-state index in [1.165, 1.54) is 0 Å². The van der Waals surface area contributed by atoms with E-state index in [0.717, 1.165) is 48.2 Å². The summed E-state index contributed by atoms with van der Waals surface area (Å²) in [5, 5.41) is 0.927. The molecule has 5 heteroatoms. The number of rotatable bonds is 1. The van der Waals surface area contributed by atoms with Crippen molar-refractivity contribution < 1.29 is 9.59 Å². The fourth-order valence-corrected chi connectivity index (χ4v) is 4.47. The van der Waals surface area contributed by atoms with Crippen LogP contribution in [0.1, 0.15) is 50.0 Å². The number of fused-ring (bicyclic) bond motifs is 1. The number of halogens is 2. The number of aliphatic imine (C=N–C) groups is 1. The molecule has 1 aromatic carbocycles. The van der Waals surface area contributed by atoms with E-state index in [4.69, 9.17) is 28.2 Å². The molecular formula is C19H17Cl2NO2. The lowest BCUT2D eigenvalue weighted by molar-refractivity contribution is -0.122. The van der Waals surface area contributed by atoms with Gasteiger partial charge in [0.25, 0.3) is 0 Å². The first-order valence-corrected chi connectivity index (χ1v) is 9.13. The lowest BCUT2D eigenvalue weighted by atomic mass is 9.67. The van der Waals surface area contributed by atoms with Crippen molar-refractivity contribution in [3.05, 3.63) is 45.1 Å². The van der Waals surface area contributed by atoms with Crippen molar-refractivity contribution in [2.24, 2.45) is 10.9 Å². The minimum absolute atomic E-state index is 0.119. The molecule has 124 valence electrons. The Morgan fingerprint density at radius 1 is 0.917 bits per heavy atom. The molecule has 0 saturated heterocycles. The first-order chi connectivity index (χ1) is 11.6. The second-order valence-electron chi connectivity index (χ2n) is 6.69. The molecule has 3 aliphatic rings. The first-order valence-electron chi connectivity index (χ1n) is 8.37. The highest BCUT2D eigenvalue weighted by atomic mass is 35.5. The van der Waals surface area contributed by atoms with E-state index >= 15 is 0 Å². The molecule has 0 aromatic heterocycles. The second kappa shape index (κ2) is 6.12. The van der Waals surface area contributed by atoms with E-state index in [9.17, 15) is 9.59 Å². The molecule has 2 atom stereocenters. The summed E-state index contributed by atoms with van der Waals surface area (Å²) in [6.45, 7) is 0. The highest BCUT2D eigenvalue weighted by Crippen LogP contribution is 2.46. The minimum atomic E-state index is -0.322. The van der Waals surface area contributed by atoms with E-state index in [1.807, 2.05) is 6.07 Å². The third kappa shape index (κ3) is 2.55. The van der Waals surface area contributed by atoms with Crippen molar-refractivity contribution in [3.8, 4) is 0 Å². The molecule has 2 aliphatic carbocycles. The van der Waals surface area contributed by atoms with Gasteiger partial charge in [-0.1, -0.05) is 29.3 Å². The zero-order valence-electron chi connectivity index (χ0n) is 13.1. The topological polar surface area (TPSA) is 46.5 Å². The predicted molar refractivity (Wildman–Crippen MR) is 94.9 cm³/mol. The van der Waals surface area contributed by atoms with E-state index < -0.39 is 0 Å². The number of nitrogens with zero attached hydrogens (tertiary/aromatic N) is 1. The van der Waals surface area contributed by atoms with Crippen LogP contribution in [0.4, 0.5) is 0 Å². The standard InChI is InChI=1S/C19H17Cl2NO2/c20-11-8-7-10(9-12(11)21)17-18-13(3-1-5-15(18)23)22-14-4-2-6-16(24)19(14)17/h7-9,17-18H,1-6H2. The van der Waals surface area contributed by atoms with Crippen molar-refractivity contribution in [2.75, 3.05) is 0 Å². The molecule has 2 unspecified atom stereocenters. The van der Waals surface area contributed by atoms with Gasteiger partial charge in [-0.15, -0.1) is 0 Å². The van der Waals surface area contributed by atoms with Crippen LogP contribution in [0.25, 0.3) is 0 Å². The van der Waals surface area contributed by atoms with Crippen molar-refractivity contribution in [1.82, 2.24) is 0 Å². The van der Waals surface area contributed by atoms with Gasteiger partial charge in [-0.05, 0) is 43.4 Å². The number of hydrogen-bond donors (Lipinski definition) is 0. The van der Waals surface area contributed by atoms with Gasteiger partial charge in [0.05, 0.1) is 16.0 Å². The molecule has 4 rings (SSSR count). The van der Waals surface area contributed by atoms with Crippen molar-refractivity contribution in [2.45, 2.75) is 44.4 Å². The number of ketones is 2. The molecule has 1 aromatic rings. The summed E-state index contributed by atoms with van der Waals surface area (Å²) >= 11 is 12.3. The highest BCUT2D eigenvalue weighted by molar-refractivity contribution is 6.42. The maximum absolute atomic E-state index is 12.7.